The minimum atomic E-state index is -0.00678. The Morgan fingerprint density at radius 1 is 0.704 bits per heavy atom. The van der Waals surface area contributed by atoms with E-state index in [2.05, 4.69) is 108 Å². The Hall–Kier alpha value is -2.41. The number of hydrogen-bond donors (Lipinski definition) is 0. The van der Waals surface area contributed by atoms with Crippen LogP contribution in [0.5, 0.6) is 0 Å². The molecular formula is C26H30N+. The van der Waals surface area contributed by atoms with Gasteiger partial charge >= 0.3 is 0 Å². The Labute approximate surface area is 163 Å². The van der Waals surface area contributed by atoms with Crippen molar-refractivity contribution in [1.82, 2.24) is 0 Å². The fraction of sp³-hybridized carbons (Fsp3) is 0.346. The van der Waals surface area contributed by atoms with Crippen molar-refractivity contribution in [2.45, 2.75) is 52.4 Å². The van der Waals surface area contributed by atoms with E-state index >= 15 is 0 Å². The van der Waals surface area contributed by atoms with E-state index in [1.165, 1.54) is 44.6 Å². The minimum absolute atomic E-state index is 0.00678. The molecule has 0 atom stereocenters. The van der Waals surface area contributed by atoms with Gasteiger partial charge in [0.1, 0.15) is 7.05 Å². The molecule has 1 aliphatic rings. The van der Waals surface area contributed by atoms with Gasteiger partial charge in [-0.05, 0) is 53.8 Å². The molecule has 138 valence electrons. The molecule has 0 N–H and O–H groups in total. The fourth-order valence-corrected chi connectivity index (χ4v) is 4.91. The Kier molecular flexibility index (Phi) is 3.86. The molecule has 0 bridgehead atoms. The topological polar surface area (TPSA) is 3.88 Å². The highest BCUT2D eigenvalue weighted by Crippen LogP contribution is 2.50. The van der Waals surface area contributed by atoms with E-state index in [1.54, 1.807) is 0 Å². The Morgan fingerprint density at radius 3 is 1.81 bits per heavy atom. The smallest absolute Gasteiger partial charge is 0.201 e. The van der Waals surface area contributed by atoms with E-state index in [0.717, 1.165) is 0 Å². The van der Waals surface area contributed by atoms with E-state index in [1.807, 2.05) is 0 Å². The van der Waals surface area contributed by atoms with Crippen LogP contribution in [0, 0.1) is 13.8 Å². The number of aromatic nitrogens is 1. The fourth-order valence-electron chi connectivity index (χ4n) is 4.91. The van der Waals surface area contributed by atoms with Crippen molar-refractivity contribution < 1.29 is 4.57 Å². The molecule has 0 amide bonds. The lowest BCUT2D eigenvalue weighted by Crippen LogP contribution is -2.37. The molecule has 1 nitrogen and oxygen atoms in total. The van der Waals surface area contributed by atoms with Crippen molar-refractivity contribution in [3.8, 4) is 11.3 Å². The van der Waals surface area contributed by atoms with Gasteiger partial charge in [0, 0.05) is 28.0 Å². The molecule has 0 unspecified atom stereocenters. The molecule has 2 aromatic carbocycles. The van der Waals surface area contributed by atoms with Gasteiger partial charge in [0.25, 0.3) is 0 Å². The zero-order chi connectivity index (χ0) is 19.6. The zero-order valence-electron chi connectivity index (χ0n) is 17.6. The van der Waals surface area contributed by atoms with Gasteiger partial charge in [-0.3, -0.25) is 0 Å². The summed E-state index contributed by atoms with van der Waals surface area (Å²) in [6, 6.07) is 18.3. The molecule has 0 saturated carbocycles. The van der Waals surface area contributed by atoms with Crippen molar-refractivity contribution >= 4 is 0 Å². The molecule has 3 aromatic rings. The molecule has 1 heterocycles. The Bertz CT molecular complexity index is 1050. The summed E-state index contributed by atoms with van der Waals surface area (Å²) >= 11 is 0. The first-order valence-electron chi connectivity index (χ1n) is 9.86. The van der Waals surface area contributed by atoms with Crippen LogP contribution < -0.4 is 4.57 Å². The van der Waals surface area contributed by atoms with E-state index in [-0.39, 0.29) is 10.8 Å². The second kappa shape index (κ2) is 5.79. The molecule has 0 radical (unpaired) electrons. The molecule has 0 spiro atoms. The van der Waals surface area contributed by atoms with Crippen LogP contribution >= 0.6 is 0 Å². The van der Waals surface area contributed by atoms with Crippen LogP contribution in [0.1, 0.15) is 61.1 Å². The van der Waals surface area contributed by atoms with Crippen LogP contribution in [-0.2, 0) is 17.9 Å². The van der Waals surface area contributed by atoms with Gasteiger partial charge in [-0.25, -0.2) is 4.57 Å². The van der Waals surface area contributed by atoms with E-state index in [0.29, 0.717) is 0 Å². The highest BCUT2D eigenvalue weighted by molar-refractivity contribution is 5.69. The van der Waals surface area contributed by atoms with E-state index < -0.39 is 0 Å². The molecule has 1 aromatic heterocycles. The second-order valence-corrected chi connectivity index (χ2v) is 9.21. The first kappa shape index (κ1) is 18.0. The van der Waals surface area contributed by atoms with Crippen LogP contribution in [0.2, 0.25) is 0 Å². The van der Waals surface area contributed by atoms with Crippen molar-refractivity contribution in [1.29, 1.82) is 0 Å². The molecular weight excluding hydrogens is 326 g/mol. The van der Waals surface area contributed by atoms with Crippen molar-refractivity contribution in [2.24, 2.45) is 7.05 Å². The van der Waals surface area contributed by atoms with Crippen LogP contribution in [0.4, 0.5) is 0 Å². The van der Waals surface area contributed by atoms with Crippen LogP contribution in [0.25, 0.3) is 11.3 Å². The molecule has 1 heteroatoms. The summed E-state index contributed by atoms with van der Waals surface area (Å²) in [5.74, 6) is 0. The molecule has 4 rings (SSSR count). The third-order valence-electron chi connectivity index (χ3n) is 6.54. The minimum Gasteiger partial charge on any atom is -0.201 e. The summed E-state index contributed by atoms with van der Waals surface area (Å²) in [5.41, 5.74) is 11.1. The lowest BCUT2D eigenvalue weighted by atomic mass is 9.59. The summed E-state index contributed by atoms with van der Waals surface area (Å²) in [6.45, 7) is 13.9. The van der Waals surface area contributed by atoms with Gasteiger partial charge in [-0.15, -0.1) is 0 Å². The predicted octanol–water partition coefficient (Wildman–Crippen LogP) is 5.76. The molecule has 0 aliphatic heterocycles. The normalized spacial score (nSPS) is 16.6. The van der Waals surface area contributed by atoms with E-state index in [9.17, 15) is 0 Å². The average molecular weight is 357 g/mol. The monoisotopic (exact) mass is 356 g/mol. The van der Waals surface area contributed by atoms with Gasteiger partial charge in [0.2, 0.25) is 5.69 Å². The Balaban J connectivity index is 2.02. The summed E-state index contributed by atoms with van der Waals surface area (Å²) in [4.78, 5) is 0. The first-order valence-corrected chi connectivity index (χ1v) is 9.86. The third kappa shape index (κ3) is 2.56. The van der Waals surface area contributed by atoms with Gasteiger partial charge < -0.3 is 0 Å². The summed E-state index contributed by atoms with van der Waals surface area (Å²) in [6.07, 6.45) is 2.21. The molecule has 0 fully saturated rings. The SMILES string of the molecule is Cc1ccc(-c2cc3c(cc2C)C(C)(C)c2ccccc2C3(C)C)[n+](C)c1. The standard InChI is InChI=1S/C26H30N/c1-17-12-13-24(27(7)16-17)19-15-23-22(14-18(19)2)25(3,4)20-10-8-9-11-21(20)26(23,5)6/h8-16H,1-7H3/q+1. The van der Waals surface area contributed by atoms with Gasteiger partial charge in [0.05, 0.1) is 0 Å². The first-order chi connectivity index (χ1) is 12.6. The summed E-state index contributed by atoms with van der Waals surface area (Å²) in [5, 5.41) is 0. The predicted molar refractivity (Wildman–Crippen MR) is 113 cm³/mol. The largest absolute Gasteiger partial charge is 0.212 e. The van der Waals surface area contributed by atoms with Crippen LogP contribution in [-0.4, -0.2) is 0 Å². The van der Waals surface area contributed by atoms with Crippen LogP contribution in [0.3, 0.4) is 0 Å². The molecule has 0 saturated heterocycles. The quantitative estimate of drug-likeness (QED) is 0.488. The maximum atomic E-state index is 2.45. The van der Waals surface area contributed by atoms with E-state index in [4.69, 9.17) is 0 Å². The highest BCUT2D eigenvalue weighted by atomic mass is 14.9. The van der Waals surface area contributed by atoms with Gasteiger partial charge in [-0.1, -0.05) is 58.0 Å². The lowest BCUT2D eigenvalue weighted by molar-refractivity contribution is -0.660. The maximum absolute atomic E-state index is 2.45. The number of rotatable bonds is 1. The number of benzene rings is 2. The zero-order valence-corrected chi connectivity index (χ0v) is 17.6. The molecule has 1 aliphatic carbocycles. The second-order valence-electron chi connectivity index (χ2n) is 9.21. The van der Waals surface area contributed by atoms with Gasteiger partial charge in [-0.2, -0.15) is 0 Å². The van der Waals surface area contributed by atoms with Crippen molar-refractivity contribution in [2.75, 3.05) is 0 Å². The third-order valence-corrected chi connectivity index (χ3v) is 6.54. The molecule has 27 heavy (non-hydrogen) atoms. The Morgan fingerprint density at radius 2 is 1.26 bits per heavy atom. The highest BCUT2D eigenvalue weighted by Gasteiger charge is 2.42. The summed E-state index contributed by atoms with van der Waals surface area (Å²) < 4.78 is 2.25. The number of nitrogens with zero attached hydrogens (tertiary/aromatic N) is 1. The van der Waals surface area contributed by atoms with Gasteiger partial charge in [0.15, 0.2) is 6.20 Å². The summed E-state index contributed by atoms with van der Waals surface area (Å²) in [7, 11) is 2.14. The van der Waals surface area contributed by atoms with Crippen molar-refractivity contribution in [3.63, 3.8) is 0 Å². The van der Waals surface area contributed by atoms with Crippen LogP contribution in [0.15, 0.2) is 54.7 Å². The number of hydrogen-bond acceptors (Lipinski definition) is 0. The number of pyridine rings is 1. The lowest BCUT2D eigenvalue weighted by Gasteiger charge is -2.44. The maximum Gasteiger partial charge on any atom is 0.212 e. The average Bonchev–Trinajstić information content (AvgIpc) is 2.61. The number of aryl methyl sites for hydroxylation is 3. The number of fused-ring (bicyclic) bond motifs is 2. The van der Waals surface area contributed by atoms with Crippen molar-refractivity contribution in [3.05, 3.63) is 88.1 Å².